The fourth-order valence-electron chi connectivity index (χ4n) is 3.15. The van der Waals surface area contributed by atoms with Crippen molar-refractivity contribution < 1.29 is 23.4 Å². The summed E-state index contributed by atoms with van der Waals surface area (Å²) in [6, 6.07) is 7.79. The van der Waals surface area contributed by atoms with Crippen LogP contribution in [0.1, 0.15) is 21.5 Å². The van der Waals surface area contributed by atoms with E-state index in [0.717, 1.165) is 5.56 Å². The van der Waals surface area contributed by atoms with E-state index in [4.69, 9.17) is 25.8 Å². The van der Waals surface area contributed by atoms with Crippen LogP contribution in [0, 0.1) is 5.82 Å². The standard InChI is InChI=1S/C20H17ClFNO4/c1-25-8-7-23-10-14-17(26-11-23)6-5-12-19(24)18(27-20(12)14)9-13-15(21)3-2-4-16(13)22/h2-6,9H,7-8,10-11H2,1H3/b18-9-. The van der Waals surface area contributed by atoms with Crippen molar-refractivity contribution in [3.05, 3.63) is 63.6 Å². The third-order valence-corrected chi connectivity index (χ3v) is 4.90. The Balaban J connectivity index is 1.68. The zero-order valence-corrected chi connectivity index (χ0v) is 15.4. The molecule has 0 spiro atoms. The van der Waals surface area contributed by atoms with Gasteiger partial charge in [-0.05, 0) is 30.3 Å². The lowest BCUT2D eigenvalue weighted by Crippen LogP contribution is -2.34. The number of ether oxygens (including phenoxy) is 3. The molecule has 2 aliphatic heterocycles. The fourth-order valence-corrected chi connectivity index (χ4v) is 3.37. The van der Waals surface area contributed by atoms with Crippen molar-refractivity contribution in [2.45, 2.75) is 6.54 Å². The lowest BCUT2D eigenvalue weighted by atomic mass is 10.0. The maximum absolute atomic E-state index is 14.1. The van der Waals surface area contributed by atoms with Crippen LogP contribution in [-0.4, -0.2) is 37.7 Å². The van der Waals surface area contributed by atoms with Crippen LogP contribution < -0.4 is 9.47 Å². The third kappa shape index (κ3) is 3.32. The van der Waals surface area contributed by atoms with Crippen molar-refractivity contribution >= 4 is 23.5 Å². The number of hydrogen-bond donors (Lipinski definition) is 0. The molecule has 0 N–H and O–H groups in total. The van der Waals surface area contributed by atoms with Crippen molar-refractivity contribution in [3.63, 3.8) is 0 Å². The second-order valence-electron chi connectivity index (χ2n) is 6.31. The SMILES string of the molecule is COCCN1COc2ccc3c(c2C1)O/C(=C\c1c(F)cccc1Cl)C3=O. The van der Waals surface area contributed by atoms with Gasteiger partial charge in [-0.2, -0.15) is 0 Å². The Morgan fingerprint density at radius 1 is 1.33 bits per heavy atom. The molecule has 140 valence electrons. The Bertz CT molecular complexity index is 924. The van der Waals surface area contributed by atoms with Gasteiger partial charge < -0.3 is 14.2 Å². The van der Waals surface area contributed by atoms with E-state index in [1.807, 2.05) is 0 Å². The van der Waals surface area contributed by atoms with E-state index >= 15 is 0 Å². The van der Waals surface area contributed by atoms with Crippen LogP contribution >= 0.6 is 11.6 Å². The molecule has 0 fully saturated rings. The Kier molecular flexibility index (Phi) is 4.86. The number of Topliss-reactive ketones (excluding diaryl/α,β-unsaturated/α-hetero) is 1. The number of carbonyl (C=O) groups is 1. The molecule has 2 aliphatic rings. The maximum atomic E-state index is 14.1. The average molecular weight is 390 g/mol. The Labute approximate surface area is 160 Å². The van der Waals surface area contributed by atoms with Crippen LogP contribution in [0.2, 0.25) is 5.02 Å². The molecule has 0 bridgehead atoms. The lowest BCUT2D eigenvalue weighted by Gasteiger charge is -2.29. The largest absolute Gasteiger partial charge is 0.478 e. The van der Waals surface area contributed by atoms with Crippen molar-refractivity contribution in [1.82, 2.24) is 4.90 Å². The number of halogens is 2. The van der Waals surface area contributed by atoms with Gasteiger partial charge in [-0.25, -0.2) is 4.39 Å². The molecule has 4 rings (SSSR count). The number of hydrogen-bond acceptors (Lipinski definition) is 5. The first-order valence-electron chi connectivity index (χ1n) is 8.46. The summed E-state index contributed by atoms with van der Waals surface area (Å²) in [6.07, 6.45) is 1.35. The predicted molar refractivity (Wildman–Crippen MR) is 98.6 cm³/mol. The van der Waals surface area contributed by atoms with Gasteiger partial charge in [-0.15, -0.1) is 0 Å². The van der Waals surface area contributed by atoms with E-state index in [1.165, 1.54) is 18.2 Å². The van der Waals surface area contributed by atoms with Crippen LogP contribution in [0.5, 0.6) is 11.5 Å². The first-order valence-corrected chi connectivity index (χ1v) is 8.84. The van der Waals surface area contributed by atoms with Gasteiger partial charge in [-0.3, -0.25) is 9.69 Å². The van der Waals surface area contributed by atoms with Crippen molar-refractivity contribution in [1.29, 1.82) is 0 Å². The fraction of sp³-hybridized carbons (Fsp3) is 0.250. The molecule has 2 aromatic carbocycles. The first-order chi connectivity index (χ1) is 13.1. The molecule has 27 heavy (non-hydrogen) atoms. The molecular formula is C20H17ClFNO4. The van der Waals surface area contributed by atoms with Gasteiger partial charge >= 0.3 is 0 Å². The average Bonchev–Trinajstić information content (AvgIpc) is 2.99. The Morgan fingerprint density at radius 2 is 2.19 bits per heavy atom. The Hall–Kier alpha value is -2.41. The molecule has 2 heterocycles. The summed E-state index contributed by atoms with van der Waals surface area (Å²) in [6.45, 7) is 2.28. The molecule has 0 saturated carbocycles. The third-order valence-electron chi connectivity index (χ3n) is 4.57. The minimum atomic E-state index is -0.515. The van der Waals surface area contributed by atoms with E-state index < -0.39 is 5.82 Å². The van der Waals surface area contributed by atoms with Crippen molar-refractivity contribution in [2.75, 3.05) is 27.0 Å². The molecule has 0 aliphatic carbocycles. The zero-order valence-electron chi connectivity index (χ0n) is 14.6. The molecular weight excluding hydrogens is 373 g/mol. The van der Waals surface area contributed by atoms with E-state index in [0.29, 0.717) is 43.5 Å². The summed E-state index contributed by atoms with van der Waals surface area (Å²) in [4.78, 5) is 14.8. The number of allylic oxidation sites excluding steroid dienone is 1. The van der Waals surface area contributed by atoms with Gasteiger partial charge in [0, 0.05) is 25.8 Å². The molecule has 0 unspecified atom stereocenters. The number of ketones is 1. The van der Waals surface area contributed by atoms with E-state index in [9.17, 15) is 9.18 Å². The van der Waals surface area contributed by atoms with Gasteiger partial charge in [0.15, 0.2) is 5.76 Å². The van der Waals surface area contributed by atoms with Crippen LogP contribution in [0.15, 0.2) is 36.1 Å². The summed E-state index contributed by atoms with van der Waals surface area (Å²) >= 11 is 6.06. The normalized spacial score (nSPS) is 17.4. The quantitative estimate of drug-likeness (QED) is 0.742. The van der Waals surface area contributed by atoms with E-state index in [-0.39, 0.29) is 22.1 Å². The van der Waals surface area contributed by atoms with Gasteiger partial charge in [0.2, 0.25) is 5.78 Å². The maximum Gasteiger partial charge on any atom is 0.231 e. The van der Waals surface area contributed by atoms with Gasteiger partial charge in [0.1, 0.15) is 24.0 Å². The molecule has 0 amide bonds. The molecule has 7 heteroatoms. The predicted octanol–water partition coefficient (Wildman–Crippen LogP) is 3.89. The highest BCUT2D eigenvalue weighted by Gasteiger charge is 2.33. The van der Waals surface area contributed by atoms with Crippen molar-refractivity contribution in [2.24, 2.45) is 0 Å². The van der Waals surface area contributed by atoms with Gasteiger partial charge in [0.05, 0.1) is 22.8 Å². The molecule has 5 nitrogen and oxygen atoms in total. The van der Waals surface area contributed by atoms with Crippen LogP contribution in [0.4, 0.5) is 4.39 Å². The highest BCUT2D eigenvalue weighted by molar-refractivity contribution is 6.32. The molecule has 0 atom stereocenters. The summed E-state index contributed by atoms with van der Waals surface area (Å²) in [5.41, 5.74) is 1.36. The molecule has 0 aromatic heterocycles. The minimum absolute atomic E-state index is 0.0411. The number of nitrogens with zero attached hydrogens (tertiary/aromatic N) is 1. The molecule has 2 aromatic rings. The summed E-state index contributed by atoms with van der Waals surface area (Å²) < 4.78 is 30.8. The van der Waals surface area contributed by atoms with E-state index in [2.05, 4.69) is 4.90 Å². The Morgan fingerprint density at radius 3 is 2.96 bits per heavy atom. The summed E-state index contributed by atoms with van der Waals surface area (Å²) in [5.74, 6) is 0.359. The number of rotatable bonds is 4. The van der Waals surface area contributed by atoms with Gasteiger partial charge in [0.25, 0.3) is 0 Å². The lowest BCUT2D eigenvalue weighted by molar-refractivity contribution is 0.0646. The van der Waals surface area contributed by atoms with Crippen molar-refractivity contribution in [3.8, 4) is 11.5 Å². The number of benzene rings is 2. The minimum Gasteiger partial charge on any atom is -0.478 e. The molecule has 0 radical (unpaired) electrons. The van der Waals surface area contributed by atoms with Crippen LogP contribution in [0.3, 0.4) is 0 Å². The highest BCUT2D eigenvalue weighted by Crippen LogP contribution is 2.42. The monoisotopic (exact) mass is 389 g/mol. The summed E-state index contributed by atoms with van der Waals surface area (Å²) in [7, 11) is 1.64. The van der Waals surface area contributed by atoms with Crippen LogP contribution in [-0.2, 0) is 11.3 Å². The first kappa shape index (κ1) is 18.0. The number of carbonyl (C=O) groups excluding carboxylic acids is 1. The topological polar surface area (TPSA) is 48.0 Å². The summed E-state index contributed by atoms with van der Waals surface area (Å²) in [5, 5.41) is 0.214. The van der Waals surface area contributed by atoms with Crippen LogP contribution in [0.25, 0.3) is 6.08 Å². The molecule has 0 saturated heterocycles. The van der Waals surface area contributed by atoms with Gasteiger partial charge in [-0.1, -0.05) is 17.7 Å². The second kappa shape index (κ2) is 7.31. The zero-order chi connectivity index (χ0) is 19.0. The number of fused-ring (bicyclic) bond motifs is 3. The number of methoxy groups -OCH3 is 1. The van der Waals surface area contributed by atoms with E-state index in [1.54, 1.807) is 25.3 Å². The smallest absolute Gasteiger partial charge is 0.231 e. The highest BCUT2D eigenvalue weighted by atomic mass is 35.5. The second-order valence-corrected chi connectivity index (χ2v) is 6.72.